The van der Waals surface area contributed by atoms with Crippen LogP contribution in [-0.4, -0.2) is 34.9 Å². The number of hydrogen-bond acceptors (Lipinski definition) is 4. The van der Waals surface area contributed by atoms with Gasteiger partial charge in [0.1, 0.15) is 0 Å². The average Bonchev–Trinajstić information content (AvgIpc) is 2.94. The Morgan fingerprint density at radius 2 is 2.40 bits per heavy atom. The van der Waals surface area contributed by atoms with E-state index < -0.39 is 0 Å². The van der Waals surface area contributed by atoms with Crippen molar-refractivity contribution >= 4 is 27.5 Å². The van der Waals surface area contributed by atoms with Gasteiger partial charge in [-0.1, -0.05) is 0 Å². The number of fused-ring (bicyclic) bond motifs is 1. The highest BCUT2D eigenvalue weighted by atomic mass is 32.1. The number of benzene rings is 1. The molecule has 1 aromatic carbocycles. The normalized spacial score (nSPS) is 21.1. The molecule has 1 aliphatic heterocycles. The lowest BCUT2D eigenvalue weighted by Crippen LogP contribution is -2.45. The van der Waals surface area contributed by atoms with Crippen LogP contribution < -0.4 is 5.73 Å². The number of aromatic nitrogens is 1. The Bertz CT molecular complexity index is 622. The molecule has 1 saturated heterocycles. The van der Waals surface area contributed by atoms with Crippen LogP contribution in [0.4, 0.5) is 0 Å². The van der Waals surface area contributed by atoms with E-state index in [2.05, 4.69) is 4.98 Å². The zero-order valence-electron chi connectivity index (χ0n) is 11.6. The lowest BCUT2D eigenvalue weighted by Gasteiger charge is -2.34. The second-order valence-corrected chi connectivity index (χ2v) is 6.43. The third kappa shape index (κ3) is 2.55. The van der Waals surface area contributed by atoms with Crippen molar-refractivity contribution in [1.82, 2.24) is 9.88 Å². The molecular formula is C15H19N3OS. The van der Waals surface area contributed by atoms with E-state index in [-0.39, 0.29) is 11.9 Å². The van der Waals surface area contributed by atoms with Crippen LogP contribution in [0.3, 0.4) is 0 Å². The van der Waals surface area contributed by atoms with Crippen molar-refractivity contribution in [1.29, 1.82) is 0 Å². The number of likely N-dealkylation sites (tertiary alicyclic amines) is 1. The van der Waals surface area contributed by atoms with Gasteiger partial charge in [0.15, 0.2) is 0 Å². The van der Waals surface area contributed by atoms with Gasteiger partial charge in [0, 0.05) is 24.7 Å². The number of amides is 1. The molecule has 2 N–H and O–H groups in total. The quantitative estimate of drug-likeness (QED) is 0.924. The molecule has 2 atom stereocenters. The molecule has 4 nitrogen and oxygen atoms in total. The SMILES string of the molecule is CC(N)C1CCCN(C(=O)c2ccc3ncsc3c2)C1. The highest BCUT2D eigenvalue weighted by molar-refractivity contribution is 7.16. The third-order valence-electron chi connectivity index (χ3n) is 4.07. The van der Waals surface area contributed by atoms with E-state index >= 15 is 0 Å². The Morgan fingerprint density at radius 1 is 1.55 bits per heavy atom. The van der Waals surface area contributed by atoms with Gasteiger partial charge in [-0.05, 0) is 43.9 Å². The second-order valence-electron chi connectivity index (χ2n) is 5.55. The molecule has 3 rings (SSSR count). The van der Waals surface area contributed by atoms with Crippen LogP contribution in [0.2, 0.25) is 0 Å². The van der Waals surface area contributed by atoms with Crippen LogP contribution in [0.1, 0.15) is 30.1 Å². The Hall–Kier alpha value is -1.46. The molecule has 0 radical (unpaired) electrons. The van der Waals surface area contributed by atoms with Crippen molar-refractivity contribution in [3.8, 4) is 0 Å². The number of hydrogen-bond donors (Lipinski definition) is 1. The van der Waals surface area contributed by atoms with Gasteiger partial charge in [0.25, 0.3) is 5.91 Å². The van der Waals surface area contributed by atoms with E-state index in [9.17, 15) is 4.79 Å². The first-order valence-electron chi connectivity index (χ1n) is 7.03. The molecule has 0 saturated carbocycles. The second kappa shape index (κ2) is 5.50. The largest absolute Gasteiger partial charge is 0.338 e. The summed E-state index contributed by atoms with van der Waals surface area (Å²) in [4.78, 5) is 18.8. The van der Waals surface area contributed by atoms with Crippen molar-refractivity contribution in [2.45, 2.75) is 25.8 Å². The molecule has 2 unspecified atom stereocenters. The monoisotopic (exact) mass is 289 g/mol. The Labute approximate surface area is 122 Å². The maximum Gasteiger partial charge on any atom is 0.253 e. The van der Waals surface area contributed by atoms with Crippen LogP contribution in [0.25, 0.3) is 10.2 Å². The molecule has 1 aliphatic rings. The highest BCUT2D eigenvalue weighted by Gasteiger charge is 2.26. The Balaban J connectivity index is 1.80. The first kappa shape index (κ1) is 13.5. The highest BCUT2D eigenvalue weighted by Crippen LogP contribution is 2.23. The van der Waals surface area contributed by atoms with E-state index in [0.29, 0.717) is 5.92 Å². The fourth-order valence-electron chi connectivity index (χ4n) is 2.79. The fraction of sp³-hybridized carbons (Fsp3) is 0.467. The summed E-state index contributed by atoms with van der Waals surface area (Å²) in [5.41, 5.74) is 9.51. The third-order valence-corrected chi connectivity index (χ3v) is 4.86. The molecular weight excluding hydrogens is 270 g/mol. The van der Waals surface area contributed by atoms with E-state index in [1.165, 1.54) is 0 Å². The van der Waals surface area contributed by atoms with Crippen molar-refractivity contribution in [3.63, 3.8) is 0 Å². The maximum atomic E-state index is 12.6. The van der Waals surface area contributed by atoms with Crippen LogP contribution >= 0.6 is 11.3 Å². The van der Waals surface area contributed by atoms with Crippen molar-refractivity contribution < 1.29 is 4.79 Å². The molecule has 1 aromatic heterocycles. The summed E-state index contributed by atoms with van der Waals surface area (Å²) in [6, 6.07) is 5.89. The van der Waals surface area contributed by atoms with Gasteiger partial charge in [-0.3, -0.25) is 4.79 Å². The minimum absolute atomic E-state index is 0.116. The first-order chi connectivity index (χ1) is 9.65. The summed E-state index contributed by atoms with van der Waals surface area (Å²) in [6.45, 7) is 3.64. The summed E-state index contributed by atoms with van der Waals surface area (Å²) in [7, 11) is 0. The topological polar surface area (TPSA) is 59.2 Å². The number of piperidine rings is 1. The summed E-state index contributed by atoms with van der Waals surface area (Å²) in [5, 5.41) is 0. The van der Waals surface area contributed by atoms with E-state index in [1.54, 1.807) is 11.3 Å². The van der Waals surface area contributed by atoms with Gasteiger partial charge in [0.2, 0.25) is 0 Å². The minimum atomic E-state index is 0.116. The van der Waals surface area contributed by atoms with Crippen LogP contribution in [0.5, 0.6) is 0 Å². The molecule has 2 aromatic rings. The summed E-state index contributed by atoms with van der Waals surface area (Å²) in [6.07, 6.45) is 2.16. The molecule has 5 heteroatoms. The van der Waals surface area contributed by atoms with Crippen LogP contribution in [0.15, 0.2) is 23.7 Å². The number of nitrogens with two attached hydrogens (primary N) is 1. The van der Waals surface area contributed by atoms with Gasteiger partial charge in [0.05, 0.1) is 15.7 Å². The molecule has 0 spiro atoms. The summed E-state index contributed by atoms with van der Waals surface area (Å²) >= 11 is 1.57. The van der Waals surface area contributed by atoms with E-state index in [0.717, 1.165) is 41.7 Å². The smallest absolute Gasteiger partial charge is 0.253 e. The first-order valence-corrected chi connectivity index (χ1v) is 7.91. The van der Waals surface area contributed by atoms with Gasteiger partial charge in [-0.2, -0.15) is 0 Å². The number of carbonyl (C=O) groups excluding carboxylic acids is 1. The van der Waals surface area contributed by atoms with Gasteiger partial charge in [-0.25, -0.2) is 4.98 Å². The maximum absolute atomic E-state index is 12.6. The molecule has 106 valence electrons. The Morgan fingerprint density at radius 3 is 3.20 bits per heavy atom. The van der Waals surface area contributed by atoms with Crippen molar-refractivity contribution in [2.75, 3.05) is 13.1 Å². The fourth-order valence-corrected chi connectivity index (χ4v) is 3.51. The van der Waals surface area contributed by atoms with Crippen molar-refractivity contribution in [2.24, 2.45) is 11.7 Å². The number of rotatable bonds is 2. The van der Waals surface area contributed by atoms with Crippen LogP contribution in [-0.2, 0) is 0 Å². The predicted molar refractivity (Wildman–Crippen MR) is 81.9 cm³/mol. The lowest BCUT2D eigenvalue weighted by atomic mass is 9.92. The Kier molecular flexibility index (Phi) is 3.72. The minimum Gasteiger partial charge on any atom is -0.338 e. The van der Waals surface area contributed by atoms with Gasteiger partial charge >= 0.3 is 0 Å². The number of carbonyl (C=O) groups is 1. The van der Waals surface area contributed by atoms with Gasteiger partial charge in [-0.15, -0.1) is 11.3 Å². The predicted octanol–water partition coefficient (Wildman–Crippen LogP) is 2.50. The molecule has 20 heavy (non-hydrogen) atoms. The molecule has 0 aliphatic carbocycles. The standard InChI is InChI=1S/C15H19N3OS/c1-10(16)12-3-2-6-18(8-12)15(19)11-4-5-13-14(7-11)20-9-17-13/h4-5,7,9-10,12H,2-3,6,8,16H2,1H3. The molecule has 1 fully saturated rings. The lowest BCUT2D eigenvalue weighted by molar-refractivity contribution is 0.0661. The summed E-state index contributed by atoms with van der Waals surface area (Å²) in [5.74, 6) is 0.533. The van der Waals surface area contributed by atoms with Crippen molar-refractivity contribution in [3.05, 3.63) is 29.3 Å². The molecule has 2 heterocycles. The van der Waals surface area contributed by atoms with E-state index in [1.807, 2.05) is 35.5 Å². The van der Waals surface area contributed by atoms with E-state index in [4.69, 9.17) is 5.73 Å². The zero-order chi connectivity index (χ0) is 14.1. The average molecular weight is 289 g/mol. The molecule has 1 amide bonds. The number of thiazole rings is 1. The van der Waals surface area contributed by atoms with Crippen LogP contribution in [0, 0.1) is 5.92 Å². The molecule has 0 bridgehead atoms. The van der Waals surface area contributed by atoms with Gasteiger partial charge < -0.3 is 10.6 Å². The summed E-state index contributed by atoms with van der Waals surface area (Å²) < 4.78 is 1.07. The zero-order valence-corrected chi connectivity index (χ0v) is 12.4. The number of nitrogens with zero attached hydrogens (tertiary/aromatic N) is 2.